The Hall–Kier alpha value is -5.28. The number of hydrogen-bond donors (Lipinski definition) is 1. The van der Waals surface area contributed by atoms with Gasteiger partial charge in [-0.3, -0.25) is 0 Å². The molecule has 246 valence electrons. The normalized spacial score (nSPS) is 25.2. The van der Waals surface area contributed by atoms with Crippen LogP contribution in [-0.2, 0) is 5.41 Å². The van der Waals surface area contributed by atoms with Crippen LogP contribution in [0.1, 0.15) is 61.3 Å². The Bertz CT molecular complexity index is 2340. The zero-order chi connectivity index (χ0) is 33.6. The van der Waals surface area contributed by atoms with Crippen molar-refractivity contribution in [1.29, 1.82) is 0 Å². The molecule has 0 spiro atoms. The Morgan fingerprint density at radius 1 is 0.760 bits per heavy atom. The topological polar surface area (TPSA) is 20.2 Å². The molecule has 4 unspecified atom stereocenters. The van der Waals surface area contributed by atoms with Gasteiger partial charge in [0.1, 0.15) is 0 Å². The number of benzene rings is 4. The lowest BCUT2D eigenvalue weighted by atomic mass is 9.76. The van der Waals surface area contributed by atoms with Gasteiger partial charge in [0, 0.05) is 46.8 Å². The average molecular weight is 650 g/mol. The number of anilines is 1. The predicted molar refractivity (Wildman–Crippen MR) is 210 cm³/mol. The van der Waals surface area contributed by atoms with Gasteiger partial charge in [-0.25, -0.2) is 0 Å². The minimum atomic E-state index is 0.00858. The van der Waals surface area contributed by atoms with Gasteiger partial charge in [0.25, 0.3) is 0 Å². The summed E-state index contributed by atoms with van der Waals surface area (Å²) < 4.78 is 2.45. The molecular formula is C47H43N3. The Balaban J connectivity index is 1.14. The second kappa shape index (κ2) is 11.1. The minimum Gasteiger partial charge on any atom is -0.387 e. The molecule has 10 rings (SSSR count). The van der Waals surface area contributed by atoms with Crippen molar-refractivity contribution in [2.75, 3.05) is 11.4 Å². The Labute approximate surface area is 295 Å². The average Bonchev–Trinajstić information content (AvgIpc) is 3.65. The number of nitrogens with one attached hydrogen (secondary N) is 1. The molecule has 4 aromatic carbocycles. The van der Waals surface area contributed by atoms with Crippen LogP contribution >= 0.6 is 0 Å². The molecule has 3 heterocycles. The van der Waals surface area contributed by atoms with E-state index in [0.29, 0.717) is 11.8 Å². The zero-order valence-electron chi connectivity index (χ0n) is 29.1. The molecule has 1 N–H and O–H groups in total. The van der Waals surface area contributed by atoms with Crippen molar-refractivity contribution in [3.63, 3.8) is 0 Å². The molecule has 0 amide bonds. The molecule has 5 aromatic rings. The van der Waals surface area contributed by atoms with Gasteiger partial charge in [0.05, 0.1) is 17.6 Å². The van der Waals surface area contributed by atoms with Crippen molar-refractivity contribution in [3.8, 4) is 22.3 Å². The van der Waals surface area contributed by atoms with E-state index in [1.807, 2.05) is 0 Å². The van der Waals surface area contributed by atoms with E-state index in [0.717, 1.165) is 13.0 Å². The molecule has 3 nitrogen and oxygen atoms in total. The first-order chi connectivity index (χ1) is 24.5. The Morgan fingerprint density at radius 2 is 1.62 bits per heavy atom. The maximum Gasteiger partial charge on any atom is 0.0586 e. The van der Waals surface area contributed by atoms with E-state index in [2.05, 4.69) is 181 Å². The first kappa shape index (κ1) is 29.6. The summed E-state index contributed by atoms with van der Waals surface area (Å²) >= 11 is 0. The molecule has 5 atom stereocenters. The van der Waals surface area contributed by atoms with E-state index in [9.17, 15) is 0 Å². The smallest absolute Gasteiger partial charge is 0.0586 e. The van der Waals surface area contributed by atoms with Crippen LogP contribution in [0.5, 0.6) is 0 Å². The zero-order valence-corrected chi connectivity index (χ0v) is 29.1. The van der Waals surface area contributed by atoms with Crippen LogP contribution < -0.4 is 10.2 Å². The Kier molecular flexibility index (Phi) is 6.59. The number of hydrogen-bond acceptors (Lipinski definition) is 2. The van der Waals surface area contributed by atoms with E-state index < -0.39 is 0 Å². The van der Waals surface area contributed by atoms with Gasteiger partial charge in [0.15, 0.2) is 0 Å². The second-order valence-corrected chi connectivity index (χ2v) is 15.4. The lowest BCUT2D eigenvalue weighted by molar-refractivity contribution is 0.446. The minimum absolute atomic E-state index is 0.00858. The molecule has 50 heavy (non-hydrogen) atoms. The fourth-order valence-electron chi connectivity index (χ4n) is 9.86. The van der Waals surface area contributed by atoms with Gasteiger partial charge in [0.2, 0.25) is 0 Å². The molecule has 3 aliphatic carbocycles. The van der Waals surface area contributed by atoms with Crippen molar-refractivity contribution in [2.24, 2.45) is 5.92 Å². The van der Waals surface area contributed by atoms with Crippen molar-refractivity contribution in [2.45, 2.75) is 56.5 Å². The van der Waals surface area contributed by atoms with Gasteiger partial charge < -0.3 is 14.8 Å². The molecular weight excluding hydrogens is 607 g/mol. The third-order valence-electron chi connectivity index (χ3n) is 12.2. The molecule has 2 aliphatic heterocycles. The van der Waals surface area contributed by atoms with E-state index >= 15 is 0 Å². The summed E-state index contributed by atoms with van der Waals surface area (Å²) in [6.45, 7) is 7.96. The van der Waals surface area contributed by atoms with Crippen molar-refractivity contribution in [3.05, 3.63) is 168 Å². The highest BCUT2D eigenvalue weighted by Gasteiger charge is 2.43. The number of aromatic nitrogens is 1. The second-order valence-electron chi connectivity index (χ2n) is 15.4. The highest BCUT2D eigenvalue weighted by atomic mass is 15.2. The summed E-state index contributed by atoms with van der Waals surface area (Å²) in [5.74, 6) is 1.11. The molecule has 0 saturated heterocycles. The fourth-order valence-corrected chi connectivity index (χ4v) is 9.86. The maximum atomic E-state index is 3.34. The lowest BCUT2D eigenvalue weighted by Gasteiger charge is -2.43. The summed E-state index contributed by atoms with van der Waals surface area (Å²) in [6, 6.07) is 33.0. The van der Waals surface area contributed by atoms with Gasteiger partial charge in [-0.2, -0.15) is 0 Å². The van der Waals surface area contributed by atoms with Crippen LogP contribution in [-0.4, -0.2) is 23.2 Å². The third kappa shape index (κ3) is 4.35. The summed E-state index contributed by atoms with van der Waals surface area (Å²) in [6.07, 6.45) is 24.4. The van der Waals surface area contributed by atoms with Crippen molar-refractivity contribution in [1.82, 2.24) is 9.88 Å². The molecule has 0 bridgehead atoms. The molecule has 1 aromatic heterocycles. The Morgan fingerprint density at radius 3 is 2.52 bits per heavy atom. The van der Waals surface area contributed by atoms with Crippen LogP contribution in [0.2, 0.25) is 0 Å². The van der Waals surface area contributed by atoms with Gasteiger partial charge in [-0.05, 0) is 99.5 Å². The lowest BCUT2D eigenvalue weighted by Crippen LogP contribution is -2.46. The number of fused-ring (bicyclic) bond motifs is 10. The van der Waals surface area contributed by atoms with Crippen LogP contribution in [0, 0.1) is 5.92 Å². The van der Waals surface area contributed by atoms with Crippen LogP contribution in [0.3, 0.4) is 0 Å². The monoisotopic (exact) mass is 649 g/mol. The molecule has 0 fully saturated rings. The van der Waals surface area contributed by atoms with Crippen LogP contribution in [0.4, 0.5) is 5.69 Å². The standard InChI is InChI=1S/C47H43N3/c1-30-15-20-44-40(27-30)45-38(18-16-31-23-26-49(46(31)45)34-21-24-48-25-22-34)37-12-5-7-14-43(37)50(44)35-10-8-9-32(28-35)33-17-19-42-39(29-33)36-11-4-6-13-41(36)47(42,2)3/h4-24,26,28-30,37,40,43-44,48H,25,27H2,1-3H3/t30?,37?,40?,43?,44-/m0/s1. The summed E-state index contributed by atoms with van der Waals surface area (Å²) in [5, 5.41) is 4.66. The molecule has 3 heteroatoms. The summed E-state index contributed by atoms with van der Waals surface area (Å²) in [5.41, 5.74) is 15.0. The highest BCUT2D eigenvalue weighted by Crippen LogP contribution is 2.52. The van der Waals surface area contributed by atoms with E-state index in [4.69, 9.17) is 0 Å². The quantitative estimate of drug-likeness (QED) is 0.196. The van der Waals surface area contributed by atoms with E-state index in [-0.39, 0.29) is 23.4 Å². The van der Waals surface area contributed by atoms with Crippen LogP contribution in [0.15, 0.2) is 146 Å². The van der Waals surface area contributed by atoms with Gasteiger partial charge >= 0.3 is 0 Å². The number of allylic oxidation sites excluding steroid dienone is 5. The van der Waals surface area contributed by atoms with Crippen molar-refractivity contribution < 1.29 is 0 Å². The SMILES string of the molecule is CC1C=C[C@H]2C(C1)c1c(ccc3ccn(C4=CCNC=C4)c13)C1C=CC=CC1N2c1cccc(-c2ccc3c(c2)-c2ccccc2C3(C)C)c1. The van der Waals surface area contributed by atoms with Crippen molar-refractivity contribution >= 4 is 22.3 Å². The third-order valence-corrected chi connectivity index (χ3v) is 12.2. The highest BCUT2D eigenvalue weighted by molar-refractivity contribution is 5.90. The van der Waals surface area contributed by atoms with E-state index in [1.165, 1.54) is 66.8 Å². The van der Waals surface area contributed by atoms with E-state index in [1.54, 1.807) is 0 Å². The maximum absolute atomic E-state index is 3.34. The first-order valence-corrected chi connectivity index (χ1v) is 18.4. The summed E-state index contributed by atoms with van der Waals surface area (Å²) in [4.78, 5) is 2.76. The molecule has 0 saturated carbocycles. The molecule has 5 aliphatic rings. The number of rotatable bonds is 3. The van der Waals surface area contributed by atoms with Gasteiger partial charge in [-0.15, -0.1) is 0 Å². The predicted octanol–water partition coefficient (Wildman–Crippen LogP) is 10.7. The largest absolute Gasteiger partial charge is 0.387 e. The first-order valence-electron chi connectivity index (χ1n) is 18.4. The molecule has 0 radical (unpaired) electrons. The van der Waals surface area contributed by atoms with Crippen LogP contribution in [0.25, 0.3) is 38.9 Å². The van der Waals surface area contributed by atoms with Gasteiger partial charge in [-0.1, -0.05) is 118 Å². The summed E-state index contributed by atoms with van der Waals surface area (Å²) in [7, 11) is 0. The fraction of sp³-hybridized carbons (Fsp3) is 0.234. The number of dihydropyridines is 1. The number of nitrogens with zero attached hydrogens (tertiary/aromatic N) is 2.